The molecule has 4 rings (SSSR count). The molecule has 216 valence electrons. The number of para-hydroxylation sites is 1. The Morgan fingerprint density at radius 2 is 1.49 bits per heavy atom. The summed E-state index contributed by atoms with van der Waals surface area (Å²) in [7, 11) is -1.69. The summed E-state index contributed by atoms with van der Waals surface area (Å²) in [4.78, 5) is 26.6. The number of ether oxygens (including phenoxy) is 1. The molecule has 4 N–H and O–H groups in total. The van der Waals surface area contributed by atoms with E-state index < -0.39 is 25.0 Å². The van der Waals surface area contributed by atoms with Crippen LogP contribution in [-0.2, 0) is 22.7 Å². The minimum absolute atomic E-state index is 0.00603. The molecule has 0 bridgehead atoms. The molecule has 0 saturated carbocycles. The number of fused-ring (bicyclic) bond motifs is 3. The minimum atomic E-state index is -1.69. The van der Waals surface area contributed by atoms with E-state index in [0.29, 0.717) is 25.2 Å². The zero-order valence-electron chi connectivity index (χ0n) is 24.2. The Morgan fingerprint density at radius 1 is 0.829 bits per heavy atom. The quantitative estimate of drug-likeness (QED) is 0.182. The monoisotopic (exact) mass is 557 g/mol. The van der Waals surface area contributed by atoms with Crippen LogP contribution in [0.25, 0.3) is 21.8 Å². The van der Waals surface area contributed by atoms with E-state index in [1.807, 2.05) is 105 Å². The smallest absolute Gasteiger partial charge is 0.475 e. The van der Waals surface area contributed by atoms with E-state index in [9.17, 15) is 19.6 Å². The van der Waals surface area contributed by atoms with Gasteiger partial charge < -0.3 is 30.0 Å². The van der Waals surface area contributed by atoms with Crippen molar-refractivity contribution in [2.75, 3.05) is 0 Å². The Balaban J connectivity index is 1.57. The van der Waals surface area contributed by atoms with Gasteiger partial charge in [0.15, 0.2) is 0 Å². The van der Waals surface area contributed by atoms with Crippen molar-refractivity contribution in [3.8, 4) is 5.75 Å². The molecular weight excluding hydrogens is 517 g/mol. The number of benzene rings is 3. The average Bonchev–Trinajstić information content (AvgIpc) is 3.23. The molecule has 0 aliphatic rings. The van der Waals surface area contributed by atoms with Gasteiger partial charge in [0.05, 0.1) is 11.5 Å². The first-order valence-corrected chi connectivity index (χ1v) is 14.3. The van der Waals surface area contributed by atoms with Crippen molar-refractivity contribution in [3.63, 3.8) is 0 Å². The first-order valence-electron chi connectivity index (χ1n) is 14.3. The van der Waals surface area contributed by atoms with Crippen LogP contribution in [0.4, 0.5) is 0 Å². The van der Waals surface area contributed by atoms with E-state index in [-0.39, 0.29) is 24.3 Å². The maximum Gasteiger partial charge on any atom is 0.475 e. The van der Waals surface area contributed by atoms with Gasteiger partial charge in [0.2, 0.25) is 11.8 Å². The van der Waals surface area contributed by atoms with Gasteiger partial charge in [-0.05, 0) is 48.4 Å². The van der Waals surface area contributed by atoms with Crippen LogP contribution in [0, 0.1) is 11.8 Å². The highest BCUT2D eigenvalue weighted by Crippen LogP contribution is 2.32. The molecule has 8 nitrogen and oxygen atoms in total. The summed E-state index contributed by atoms with van der Waals surface area (Å²) in [5.74, 6) is -0.579. The lowest BCUT2D eigenvalue weighted by Crippen LogP contribution is -2.55. The third kappa shape index (κ3) is 7.90. The first-order chi connectivity index (χ1) is 19.6. The van der Waals surface area contributed by atoms with Gasteiger partial charge in [0, 0.05) is 22.4 Å². The fourth-order valence-electron chi connectivity index (χ4n) is 5.16. The zero-order chi connectivity index (χ0) is 29.5. The fourth-order valence-corrected chi connectivity index (χ4v) is 5.16. The summed E-state index contributed by atoms with van der Waals surface area (Å²) in [6.07, 6.45) is 0.819. The molecule has 0 unspecified atom stereocenters. The van der Waals surface area contributed by atoms with Gasteiger partial charge >= 0.3 is 7.12 Å². The Bertz CT molecular complexity index is 1470. The number of nitrogens with one attached hydrogen (secondary N) is 2. The maximum absolute atomic E-state index is 13.4. The van der Waals surface area contributed by atoms with Crippen molar-refractivity contribution in [2.24, 2.45) is 11.8 Å². The van der Waals surface area contributed by atoms with Gasteiger partial charge in [0.25, 0.3) is 0 Å². The number of rotatable bonds is 13. The number of carbonyl (C=O) groups is 2. The lowest BCUT2D eigenvalue weighted by molar-refractivity contribution is -0.129. The molecule has 0 fully saturated rings. The molecule has 41 heavy (non-hydrogen) atoms. The summed E-state index contributed by atoms with van der Waals surface area (Å²) >= 11 is 0. The lowest BCUT2D eigenvalue weighted by Gasteiger charge is -2.25. The highest BCUT2D eigenvalue weighted by Gasteiger charge is 2.30. The topological polar surface area (TPSA) is 113 Å². The number of nitrogens with zero attached hydrogens (tertiary/aromatic N) is 1. The molecule has 4 aromatic rings. The van der Waals surface area contributed by atoms with Crippen LogP contribution in [-0.4, -0.2) is 45.5 Å². The fraction of sp³-hybridized carbons (Fsp3) is 0.375. The normalized spacial score (nSPS) is 13.0. The Morgan fingerprint density at radius 3 is 2.17 bits per heavy atom. The molecule has 9 heteroatoms. The highest BCUT2D eigenvalue weighted by molar-refractivity contribution is 6.43. The second-order valence-electron chi connectivity index (χ2n) is 11.5. The largest absolute Gasteiger partial charge is 0.489 e. The first kappa shape index (κ1) is 30.2. The van der Waals surface area contributed by atoms with Crippen LogP contribution in [0.3, 0.4) is 0 Å². The van der Waals surface area contributed by atoms with Crippen LogP contribution < -0.4 is 15.4 Å². The molecule has 0 saturated heterocycles. The number of hydrogen-bond donors (Lipinski definition) is 4. The molecule has 0 spiro atoms. The van der Waals surface area contributed by atoms with Gasteiger partial charge in [0.1, 0.15) is 24.9 Å². The van der Waals surface area contributed by atoms with Crippen molar-refractivity contribution < 1.29 is 24.4 Å². The van der Waals surface area contributed by atoms with Gasteiger partial charge in [-0.3, -0.25) is 9.59 Å². The molecule has 0 radical (unpaired) electrons. The second-order valence-corrected chi connectivity index (χ2v) is 11.5. The van der Waals surface area contributed by atoms with Crippen molar-refractivity contribution in [1.82, 2.24) is 15.2 Å². The van der Waals surface area contributed by atoms with Crippen molar-refractivity contribution >= 4 is 40.7 Å². The summed E-state index contributed by atoms with van der Waals surface area (Å²) in [6.45, 7) is 8.27. The molecule has 2 atom stereocenters. The summed E-state index contributed by atoms with van der Waals surface area (Å²) < 4.78 is 8.02. The van der Waals surface area contributed by atoms with Crippen molar-refractivity contribution in [2.45, 2.75) is 65.7 Å². The van der Waals surface area contributed by atoms with E-state index in [2.05, 4.69) is 10.6 Å². The molecular formula is C32H40BN3O5. The van der Waals surface area contributed by atoms with Crippen molar-refractivity contribution in [1.29, 1.82) is 0 Å². The van der Waals surface area contributed by atoms with E-state index >= 15 is 0 Å². The van der Waals surface area contributed by atoms with Crippen LogP contribution >= 0.6 is 0 Å². The average molecular weight is 558 g/mol. The van der Waals surface area contributed by atoms with E-state index in [1.54, 1.807) is 0 Å². The SMILES string of the molecule is CC(C)C[C@H](NC(=O)[C@H](CC(C)C)NC(=O)Cn1c2ccccc2c2ccc(OCc3ccccc3)cc21)B(O)O. The molecule has 0 aliphatic heterocycles. The number of carbonyl (C=O) groups excluding carboxylic acids is 2. The lowest BCUT2D eigenvalue weighted by atomic mass is 9.75. The number of aromatic nitrogens is 1. The van der Waals surface area contributed by atoms with E-state index in [4.69, 9.17) is 4.74 Å². The minimum Gasteiger partial charge on any atom is -0.489 e. The predicted molar refractivity (Wildman–Crippen MR) is 163 cm³/mol. The van der Waals surface area contributed by atoms with E-state index in [1.165, 1.54) is 0 Å². The Labute approximate surface area is 241 Å². The van der Waals surface area contributed by atoms with Gasteiger partial charge in [-0.25, -0.2) is 0 Å². The maximum atomic E-state index is 13.4. The molecule has 0 aliphatic carbocycles. The van der Waals surface area contributed by atoms with Gasteiger partial charge in [-0.1, -0.05) is 76.2 Å². The second kappa shape index (κ2) is 13.7. The number of amides is 2. The van der Waals surface area contributed by atoms with E-state index in [0.717, 1.165) is 27.4 Å². The van der Waals surface area contributed by atoms with Crippen LogP contribution in [0.1, 0.15) is 46.1 Å². The van der Waals surface area contributed by atoms with Gasteiger partial charge in [-0.2, -0.15) is 0 Å². The third-order valence-corrected chi connectivity index (χ3v) is 7.07. The molecule has 3 aromatic carbocycles. The molecule has 1 heterocycles. The summed E-state index contributed by atoms with van der Waals surface area (Å²) in [5.41, 5.74) is 2.83. The van der Waals surface area contributed by atoms with Crippen LogP contribution in [0.2, 0.25) is 0 Å². The highest BCUT2D eigenvalue weighted by atomic mass is 16.5. The summed E-state index contributed by atoms with van der Waals surface area (Å²) in [5, 5.41) is 27.3. The van der Waals surface area contributed by atoms with Crippen LogP contribution in [0.5, 0.6) is 5.75 Å². The van der Waals surface area contributed by atoms with Gasteiger partial charge in [-0.15, -0.1) is 0 Å². The third-order valence-electron chi connectivity index (χ3n) is 7.07. The summed E-state index contributed by atoms with van der Waals surface area (Å²) in [6, 6.07) is 22.9. The molecule has 1 aromatic heterocycles. The predicted octanol–water partition coefficient (Wildman–Crippen LogP) is 4.45. The zero-order valence-corrected chi connectivity index (χ0v) is 24.2. The van der Waals surface area contributed by atoms with Crippen molar-refractivity contribution in [3.05, 3.63) is 78.4 Å². The number of hydrogen-bond acceptors (Lipinski definition) is 5. The molecule has 2 amide bonds. The Kier molecular flexibility index (Phi) is 10.1. The standard InChI is InChI=1S/C32H40BN3O5/c1-21(2)16-27(32(38)35-30(33(39)40)17-22(3)4)34-31(37)19-36-28-13-9-8-12-25(28)26-15-14-24(18-29(26)36)41-20-23-10-6-5-7-11-23/h5-15,18,21-22,27,30,39-40H,16-17,19-20H2,1-4H3,(H,34,37)(H,35,38)/t27-,30-/m0/s1. The van der Waals surface area contributed by atoms with Crippen LogP contribution in [0.15, 0.2) is 72.8 Å². The Hall–Kier alpha value is -3.82.